The number of hydrogen-bond donors (Lipinski definition) is 1. The lowest BCUT2D eigenvalue weighted by atomic mass is 10.2. The Morgan fingerprint density at radius 2 is 2.25 bits per heavy atom. The van der Waals surface area contributed by atoms with Crippen molar-refractivity contribution in [3.8, 4) is 0 Å². The van der Waals surface area contributed by atoms with Gasteiger partial charge in [0.05, 0.1) is 18.3 Å². The molecule has 2 heterocycles. The number of ether oxygens (including phenoxy) is 2. The molecule has 0 bridgehead atoms. The summed E-state index contributed by atoms with van der Waals surface area (Å²) in [7, 11) is 1.78. The highest BCUT2D eigenvalue weighted by Crippen LogP contribution is 2.23. The highest BCUT2D eigenvalue weighted by atomic mass is 35.5. The smallest absolute Gasteiger partial charge is 0.251 e. The average molecular weight is 400 g/mol. The zero-order chi connectivity index (χ0) is 16.1. The van der Waals surface area contributed by atoms with Crippen molar-refractivity contribution >= 4 is 42.1 Å². The summed E-state index contributed by atoms with van der Waals surface area (Å²) in [4.78, 5) is 18.6. The quantitative estimate of drug-likeness (QED) is 0.761. The number of carbonyl (C=O) groups excluding carboxylic acids is 1. The van der Waals surface area contributed by atoms with Gasteiger partial charge in [0.1, 0.15) is 17.2 Å². The SMILES string of the molecule is CCOC(C)c1nc(CN(C)C(=O)[C@@H]2CC[C@H](CN)O2)cs1.Cl.Cl. The van der Waals surface area contributed by atoms with E-state index in [4.69, 9.17) is 15.2 Å². The number of likely N-dealkylation sites (N-methyl/N-ethyl adjacent to an activating group) is 1. The molecule has 0 radical (unpaired) electrons. The van der Waals surface area contributed by atoms with E-state index in [-0.39, 0.29) is 49.0 Å². The van der Waals surface area contributed by atoms with E-state index in [2.05, 4.69) is 4.98 Å². The van der Waals surface area contributed by atoms with Crippen molar-refractivity contribution in [2.24, 2.45) is 5.73 Å². The van der Waals surface area contributed by atoms with E-state index in [0.717, 1.165) is 23.5 Å². The number of thiazole rings is 1. The molecule has 3 atom stereocenters. The Kier molecular flexibility index (Phi) is 11.0. The lowest BCUT2D eigenvalue weighted by Crippen LogP contribution is -2.36. The third-order valence-corrected chi connectivity index (χ3v) is 4.81. The molecule has 9 heteroatoms. The highest BCUT2D eigenvalue weighted by Gasteiger charge is 2.31. The van der Waals surface area contributed by atoms with Gasteiger partial charge in [-0.2, -0.15) is 0 Å². The van der Waals surface area contributed by atoms with Gasteiger partial charge in [0.2, 0.25) is 0 Å². The summed E-state index contributed by atoms with van der Waals surface area (Å²) < 4.78 is 11.2. The molecule has 1 aromatic heterocycles. The fourth-order valence-electron chi connectivity index (χ4n) is 2.53. The summed E-state index contributed by atoms with van der Waals surface area (Å²) in [5.74, 6) is 0.00311. The zero-order valence-electron chi connectivity index (χ0n) is 14.3. The van der Waals surface area contributed by atoms with Gasteiger partial charge in [0.25, 0.3) is 5.91 Å². The summed E-state index contributed by atoms with van der Waals surface area (Å²) in [5.41, 5.74) is 6.47. The number of rotatable bonds is 7. The van der Waals surface area contributed by atoms with Crippen LogP contribution >= 0.6 is 36.2 Å². The second-order valence-electron chi connectivity index (χ2n) is 5.53. The second-order valence-corrected chi connectivity index (χ2v) is 6.42. The van der Waals surface area contributed by atoms with Crippen molar-refractivity contribution in [1.82, 2.24) is 9.88 Å². The van der Waals surface area contributed by atoms with E-state index in [1.807, 2.05) is 19.2 Å². The van der Waals surface area contributed by atoms with Crippen LogP contribution < -0.4 is 5.73 Å². The van der Waals surface area contributed by atoms with E-state index in [0.29, 0.717) is 19.7 Å². The first-order valence-corrected chi connectivity index (χ1v) is 8.59. The second kappa shape index (κ2) is 11.2. The fraction of sp³-hybridized carbons (Fsp3) is 0.733. The van der Waals surface area contributed by atoms with Crippen LogP contribution in [0.2, 0.25) is 0 Å². The first-order chi connectivity index (χ1) is 10.5. The van der Waals surface area contributed by atoms with Gasteiger partial charge in [-0.15, -0.1) is 36.2 Å². The van der Waals surface area contributed by atoms with E-state index < -0.39 is 0 Å². The maximum absolute atomic E-state index is 12.4. The molecule has 1 aliphatic rings. The molecule has 2 rings (SSSR count). The molecule has 24 heavy (non-hydrogen) atoms. The van der Waals surface area contributed by atoms with Gasteiger partial charge in [-0.05, 0) is 26.7 Å². The Labute approximate surface area is 159 Å². The van der Waals surface area contributed by atoms with Crippen molar-refractivity contribution in [1.29, 1.82) is 0 Å². The molecule has 0 spiro atoms. The monoisotopic (exact) mass is 399 g/mol. The Morgan fingerprint density at radius 3 is 2.83 bits per heavy atom. The molecular weight excluding hydrogens is 373 g/mol. The van der Waals surface area contributed by atoms with Gasteiger partial charge in [0, 0.05) is 25.6 Å². The summed E-state index contributed by atoms with van der Waals surface area (Å²) in [6.45, 7) is 5.57. The van der Waals surface area contributed by atoms with Crippen LogP contribution in [0, 0.1) is 0 Å². The van der Waals surface area contributed by atoms with Crippen LogP contribution in [0.3, 0.4) is 0 Å². The van der Waals surface area contributed by atoms with Crippen molar-refractivity contribution < 1.29 is 14.3 Å². The number of carbonyl (C=O) groups is 1. The van der Waals surface area contributed by atoms with E-state index in [1.54, 1.807) is 23.3 Å². The Hall–Kier alpha value is -0.440. The minimum atomic E-state index is -0.362. The van der Waals surface area contributed by atoms with Crippen LogP contribution in [-0.2, 0) is 20.8 Å². The number of aromatic nitrogens is 1. The van der Waals surface area contributed by atoms with Crippen LogP contribution in [-0.4, -0.2) is 48.2 Å². The Bertz CT molecular complexity index is 504. The Balaban J connectivity index is 0.00000264. The third kappa shape index (κ3) is 6.13. The lowest BCUT2D eigenvalue weighted by Gasteiger charge is -2.20. The molecular formula is C15H27Cl2N3O3S. The fourth-order valence-corrected chi connectivity index (χ4v) is 3.34. The molecule has 0 saturated carbocycles. The maximum Gasteiger partial charge on any atom is 0.251 e. The minimum absolute atomic E-state index is 0. The van der Waals surface area contributed by atoms with Gasteiger partial charge < -0.3 is 20.1 Å². The van der Waals surface area contributed by atoms with Crippen molar-refractivity contribution in [3.05, 3.63) is 16.1 Å². The molecule has 0 aliphatic carbocycles. The van der Waals surface area contributed by atoms with Gasteiger partial charge in [-0.3, -0.25) is 4.79 Å². The van der Waals surface area contributed by atoms with Gasteiger partial charge in [-0.25, -0.2) is 4.98 Å². The number of nitrogens with two attached hydrogens (primary N) is 1. The third-order valence-electron chi connectivity index (χ3n) is 3.76. The van der Waals surface area contributed by atoms with Gasteiger partial charge >= 0.3 is 0 Å². The topological polar surface area (TPSA) is 77.7 Å². The molecule has 1 amide bonds. The van der Waals surface area contributed by atoms with E-state index in [9.17, 15) is 4.79 Å². The largest absolute Gasteiger partial charge is 0.372 e. The number of hydrogen-bond acceptors (Lipinski definition) is 6. The van der Waals surface area contributed by atoms with E-state index in [1.165, 1.54) is 0 Å². The normalized spacial score (nSPS) is 20.8. The first kappa shape index (κ1) is 23.6. The number of nitrogens with zero attached hydrogens (tertiary/aromatic N) is 2. The minimum Gasteiger partial charge on any atom is -0.372 e. The van der Waals surface area contributed by atoms with Crippen LogP contribution in [0.15, 0.2) is 5.38 Å². The molecule has 1 aromatic rings. The molecule has 1 fully saturated rings. The average Bonchev–Trinajstić information content (AvgIpc) is 3.15. The van der Waals surface area contributed by atoms with E-state index >= 15 is 0 Å². The maximum atomic E-state index is 12.4. The highest BCUT2D eigenvalue weighted by molar-refractivity contribution is 7.09. The van der Waals surface area contributed by atoms with Crippen LogP contribution in [0.1, 0.15) is 43.5 Å². The standard InChI is InChI=1S/C15H25N3O3S.2ClH/c1-4-20-10(2)14-17-11(9-22-14)8-18(3)15(19)13-6-5-12(7-16)21-13;;/h9-10,12-13H,4-8,16H2,1-3H3;2*1H/t10?,12-,13+;;/m1../s1. The van der Waals surface area contributed by atoms with Crippen molar-refractivity contribution in [3.63, 3.8) is 0 Å². The number of halogens is 2. The molecule has 1 saturated heterocycles. The van der Waals surface area contributed by atoms with Crippen molar-refractivity contribution in [2.45, 2.75) is 51.5 Å². The molecule has 1 aliphatic heterocycles. The summed E-state index contributed by atoms with van der Waals surface area (Å²) in [6.07, 6.45) is 1.25. The lowest BCUT2D eigenvalue weighted by molar-refractivity contribution is -0.141. The summed E-state index contributed by atoms with van der Waals surface area (Å²) in [5, 5.41) is 2.92. The molecule has 140 valence electrons. The summed E-state index contributed by atoms with van der Waals surface area (Å²) in [6, 6.07) is 0. The predicted molar refractivity (Wildman–Crippen MR) is 100 cm³/mol. The zero-order valence-corrected chi connectivity index (χ0v) is 16.7. The Morgan fingerprint density at radius 1 is 1.54 bits per heavy atom. The van der Waals surface area contributed by atoms with Crippen LogP contribution in [0.5, 0.6) is 0 Å². The van der Waals surface area contributed by atoms with Gasteiger partial charge in [0.15, 0.2) is 0 Å². The summed E-state index contributed by atoms with van der Waals surface area (Å²) >= 11 is 1.57. The van der Waals surface area contributed by atoms with Gasteiger partial charge in [-0.1, -0.05) is 0 Å². The predicted octanol–water partition coefficient (Wildman–Crippen LogP) is 2.55. The first-order valence-electron chi connectivity index (χ1n) is 7.71. The van der Waals surface area contributed by atoms with Crippen molar-refractivity contribution in [2.75, 3.05) is 20.2 Å². The van der Waals surface area contributed by atoms with Crippen LogP contribution in [0.4, 0.5) is 0 Å². The van der Waals surface area contributed by atoms with Crippen LogP contribution in [0.25, 0.3) is 0 Å². The molecule has 6 nitrogen and oxygen atoms in total. The number of amides is 1. The molecule has 2 N–H and O–H groups in total. The molecule has 1 unspecified atom stereocenters. The molecule has 0 aromatic carbocycles.